The van der Waals surface area contributed by atoms with Crippen LogP contribution in [0.25, 0.3) is 0 Å². The van der Waals surface area contributed by atoms with Crippen molar-refractivity contribution >= 4 is 17.8 Å². The van der Waals surface area contributed by atoms with Crippen molar-refractivity contribution < 1.29 is 9.59 Å². The van der Waals surface area contributed by atoms with Gasteiger partial charge in [-0.2, -0.15) is 0 Å². The second-order valence-corrected chi connectivity index (χ2v) is 9.01. The number of rotatable bonds is 10. The first-order valence-electron chi connectivity index (χ1n) is 11.9. The number of carbonyl (C=O) groups excluding carboxylic acids is 2. The Hall–Kier alpha value is -2.57. The molecule has 1 aliphatic rings. The molecule has 0 unspecified atom stereocenters. The van der Waals surface area contributed by atoms with E-state index < -0.39 is 0 Å². The van der Waals surface area contributed by atoms with E-state index in [-0.39, 0.29) is 11.8 Å². The average molecular weight is 444 g/mol. The van der Waals surface area contributed by atoms with Crippen LogP contribution < -0.4 is 10.6 Å². The highest BCUT2D eigenvalue weighted by Crippen LogP contribution is 2.10. The number of unbranched alkanes of at least 4 members (excludes halogenated alkanes) is 2. The van der Waals surface area contributed by atoms with E-state index in [1.165, 1.54) is 11.1 Å². The monoisotopic (exact) mass is 443 g/mol. The Morgan fingerprint density at radius 1 is 0.938 bits per heavy atom. The molecule has 1 aromatic rings. The van der Waals surface area contributed by atoms with Gasteiger partial charge in [-0.15, -0.1) is 0 Å². The summed E-state index contributed by atoms with van der Waals surface area (Å²) in [4.78, 5) is 32.7. The third-order valence-electron chi connectivity index (χ3n) is 5.73. The van der Waals surface area contributed by atoms with E-state index in [1.807, 2.05) is 9.80 Å². The number of benzene rings is 1. The van der Waals surface area contributed by atoms with E-state index in [2.05, 4.69) is 60.7 Å². The zero-order valence-corrected chi connectivity index (χ0v) is 20.3. The number of hydrogen-bond acceptors (Lipinski definition) is 3. The SMILES string of the molecule is CN=C(NCCCCCC(=O)N1CCN(C(=O)CC(C)C)CC1)NCc1ccc(C)cc1. The summed E-state index contributed by atoms with van der Waals surface area (Å²) in [5.41, 5.74) is 2.48. The van der Waals surface area contributed by atoms with Gasteiger partial charge in [-0.05, 0) is 31.2 Å². The Kier molecular flexibility index (Phi) is 11.0. The fourth-order valence-electron chi connectivity index (χ4n) is 3.74. The second kappa shape index (κ2) is 13.8. The Morgan fingerprint density at radius 3 is 2.16 bits per heavy atom. The lowest BCUT2D eigenvalue weighted by Gasteiger charge is -2.35. The number of nitrogens with one attached hydrogen (secondary N) is 2. The molecule has 0 saturated carbocycles. The van der Waals surface area contributed by atoms with Crippen LogP contribution in [0.1, 0.15) is 57.1 Å². The number of amides is 2. The van der Waals surface area contributed by atoms with Gasteiger partial charge in [-0.1, -0.05) is 50.1 Å². The number of piperazine rings is 1. The van der Waals surface area contributed by atoms with Gasteiger partial charge in [-0.25, -0.2) is 0 Å². The first-order valence-corrected chi connectivity index (χ1v) is 11.9. The van der Waals surface area contributed by atoms with Crippen molar-refractivity contribution in [3.05, 3.63) is 35.4 Å². The molecule has 0 bridgehead atoms. The molecule has 2 rings (SSSR count). The van der Waals surface area contributed by atoms with Crippen LogP contribution in [-0.4, -0.2) is 67.3 Å². The van der Waals surface area contributed by atoms with Gasteiger partial charge in [0.2, 0.25) is 11.8 Å². The molecule has 2 amide bonds. The number of aryl methyl sites for hydroxylation is 1. The maximum Gasteiger partial charge on any atom is 0.222 e. The molecule has 0 spiro atoms. The molecule has 0 atom stereocenters. The van der Waals surface area contributed by atoms with Gasteiger partial charge in [0, 0.05) is 59.2 Å². The average Bonchev–Trinajstić information content (AvgIpc) is 2.78. The molecule has 0 aliphatic carbocycles. The lowest BCUT2D eigenvalue weighted by atomic mass is 10.1. The highest BCUT2D eigenvalue weighted by molar-refractivity contribution is 5.79. The minimum absolute atomic E-state index is 0.211. The fraction of sp³-hybridized carbons (Fsp3) is 0.640. The van der Waals surface area contributed by atoms with Crippen molar-refractivity contribution in [2.75, 3.05) is 39.8 Å². The van der Waals surface area contributed by atoms with E-state index in [9.17, 15) is 9.59 Å². The molecule has 1 aromatic carbocycles. The maximum absolute atomic E-state index is 12.5. The van der Waals surface area contributed by atoms with Crippen LogP contribution in [-0.2, 0) is 16.1 Å². The zero-order chi connectivity index (χ0) is 23.3. The lowest BCUT2D eigenvalue weighted by Crippen LogP contribution is -2.50. The van der Waals surface area contributed by atoms with Crippen LogP contribution in [0.4, 0.5) is 0 Å². The fourth-order valence-corrected chi connectivity index (χ4v) is 3.74. The maximum atomic E-state index is 12.5. The van der Waals surface area contributed by atoms with E-state index in [0.717, 1.165) is 38.3 Å². The van der Waals surface area contributed by atoms with Crippen molar-refractivity contribution in [1.29, 1.82) is 0 Å². The van der Waals surface area contributed by atoms with Gasteiger partial charge >= 0.3 is 0 Å². The van der Waals surface area contributed by atoms with Gasteiger partial charge in [-0.3, -0.25) is 14.6 Å². The summed E-state index contributed by atoms with van der Waals surface area (Å²) in [7, 11) is 1.78. The topological polar surface area (TPSA) is 77.0 Å². The van der Waals surface area contributed by atoms with Gasteiger partial charge < -0.3 is 20.4 Å². The van der Waals surface area contributed by atoms with Crippen LogP contribution in [0.2, 0.25) is 0 Å². The minimum atomic E-state index is 0.211. The van der Waals surface area contributed by atoms with Gasteiger partial charge in [0.1, 0.15) is 0 Å². The second-order valence-electron chi connectivity index (χ2n) is 9.01. The highest BCUT2D eigenvalue weighted by Gasteiger charge is 2.23. The molecule has 1 heterocycles. The van der Waals surface area contributed by atoms with Crippen molar-refractivity contribution in [3.8, 4) is 0 Å². The first kappa shape index (κ1) is 25.7. The smallest absolute Gasteiger partial charge is 0.222 e. The molecule has 178 valence electrons. The molecule has 0 radical (unpaired) electrons. The number of carbonyl (C=O) groups is 2. The standard InChI is InChI=1S/C25H41N5O2/c1-20(2)18-24(32)30-16-14-29(15-17-30)23(31)8-6-5-7-13-27-25(26-4)28-19-22-11-9-21(3)10-12-22/h9-12,20H,5-8,13-19H2,1-4H3,(H2,26,27,28). The van der Waals surface area contributed by atoms with E-state index in [1.54, 1.807) is 7.05 Å². The van der Waals surface area contributed by atoms with Crippen LogP contribution in [0, 0.1) is 12.8 Å². The van der Waals surface area contributed by atoms with E-state index >= 15 is 0 Å². The summed E-state index contributed by atoms with van der Waals surface area (Å²) in [6.07, 6.45) is 4.06. The highest BCUT2D eigenvalue weighted by atomic mass is 16.2. The van der Waals surface area contributed by atoms with Crippen molar-refractivity contribution in [2.24, 2.45) is 10.9 Å². The van der Waals surface area contributed by atoms with Crippen molar-refractivity contribution in [1.82, 2.24) is 20.4 Å². The molecule has 1 fully saturated rings. The summed E-state index contributed by atoms with van der Waals surface area (Å²) in [6.45, 7) is 10.4. The summed E-state index contributed by atoms with van der Waals surface area (Å²) < 4.78 is 0. The molecular formula is C25H41N5O2. The summed E-state index contributed by atoms with van der Waals surface area (Å²) in [6, 6.07) is 8.47. The lowest BCUT2D eigenvalue weighted by molar-refractivity contribution is -0.140. The Balaban J connectivity index is 1.54. The number of hydrogen-bond donors (Lipinski definition) is 2. The Bertz CT molecular complexity index is 737. The van der Waals surface area contributed by atoms with Crippen LogP contribution in [0.3, 0.4) is 0 Å². The Labute approximate surface area is 193 Å². The number of aliphatic imine (C=N–C) groups is 1. The third kappa shape index (κ3) is 9.28. The van der Waals surface area contributed by atoms with Crippen LogP contribution in [0.5, 0.6) is 0 Å². The summed E-state index contributed by atoms with van der Waals surface area (Å²) in [5, 5.41) is 6.67. The molecule has 2 N–H and O–H groups in total. The number of guanidine groups is 1. The predicted octanol–water partition coefficient (Wildman–Crippen LogP) is 2.94. The third-order valence-corrected chi connectivity index (χ3v) is 5.73. The van der Waals surface area contributed by atoms with Gasteiger partial charge in [0.25, 0.3) is 0 Å². The summed E-state index contributed by atoms with van der Waals surface area (Å²) >= 11 is 0. The van der Waals surface area contributed by atoms with Crippen LogP contribution in [0.15, 0.2) is 29.3 Å². The number of nitrogens with zero attached hydrogens (tertiary/aromatic N) is 3. The molecule has 1 saturated heterocycles. The van der Waals surface area contributed by atoms with E-state index in [0.29, 0.717) is 44.9 Å². The van der Waals surface area contributed by atoms with Gasteiger partial charge in [0.15, 0.2) is 5.96 Å². The molecule has 32 heavy (non-hydrogen) atoms. The van der Waals surface area contributed by atoms with Crippen molar-refractivity contribution in [2.45, 2.75) is 59.4 Å². The molecule has 1 aliphatic heterocycles. The summed E-state index contributed by atoms with van der Waals surface area (Å²) in [5.74, 6) is 1.60. The first-order chi connectivity index (χ1) is 15.4. The molecule has 7 heteroatoms. The van der Waals surface area contributed by atoms with E-state index in [4.69, 9.17) is 0 Å². The Morgan fingerprint density at radius 2 is 1.56 bits per heavy atom. The largest absolute Gasteiger partial charge is 0.356 e. The quantitative estimate of drug-likeness (QED) is 0.331. The molecule has 7 nitrogen and oxygen atoms in total. The minimum Gasteiger partial charge on any atom is -0.356 e. The molecular weight excluding hydrogens is 402 g/mol. The molecule has 0 aromatic heterocycles. The zero-order valence-electron chi connectivity index (χ0n) is 20.3. The van der Waals surface area contributed by atoms with Crippen LogP contribution >= 0.6 is 0 Å². The van der Waals surface area contributed by atoms with Crippen molar-refractivity contribution in [3.63, 3.8) is 0 Å². The van der Waals surface area contributed by atoms with Gasteiger partial charge in [0.05, 0.1) is 0 Å². The normalized spacial score (nSPS) is 14.6. The predicted molar refractivity (Wildman–Crippen MR) is 130 cm³/mol.